The average Bonchev–Trinajstić information content (AvgIpc) is 2.67. The first-order chi connectivity index (χ1) is 7.70. The summed E-state index contributed by atoms with van der Waals surface area (Å²) in [6, 6.07) is 5.24. The van der Waals surface area contributed by atoms with E-state index in [2.05, 4.69) is 10.2 Å². The molecule has 0 radical (unpaired) electrons. The Kier molecular flexibility index (Phi) is 3.58. The van der Waals surface area contributed by atoms with Crippen LogP contribution in [0.4, 0.5) is 0 Å². The summed E-state index contributed by atoms with van der Waals surface area (Å²) in [4.78, 5) is 11.6. The van der Waals surface area contributed by atoms with E-state index in [0.717, 1.165) is 20.5 Å². The molecule has 0 spiro atoms. The first-order valence-corrected chi connectivity index (χ1v) is 6.43. The van der Waals surface area contributed by atoms with Gasteiger partial charge >= 0.3 is 0 Å². The molecule has 0 aliphatic carbocycles. The summed E-state index contributed by atoms with van der Waals surface area (Å²) >= 11 is 8.89. The van der Waals surface area contributed by atoms with Gasteiger partial charge < -0.3 is 0 Å². The molecule has 0 amide bonds. The molecule has 0 unspecified atom stereocenters. The van der Waals surface area contributed by atoms with E-state index >= 15 is 0 Å². The predicted molar refractivity (Wildman–Crippen MR) is 65.6 cm³/mol. The summed E-state index contributed by atoms with van der Waals surface area (Å²) < 4.78 is 0.786. The monoisotopic (exact) mass is 270 g/mol. The lowest BCUT2D eigenvalue weighted by Crippen LogP contribution is -1.85. The molecule has 16 heavy (non-hydrogen) atoms. The molecule has 0 aliphatic heterocycles. The molecule has 0 bridgehead atoms. The molecule has 82 valence electrons. The summed E-state index contributed by atoms with van der Waals surface area (Å²) in [7, 11) is 0. The minimum absolute atomic E-state index is 0.558. The van der Waals surface area contributed by atoms with Crippen LogP contribution >= 0.6 is 34.7 Å². The predicted octanol–water partition coefficient (Wildman–Crippen LogP) is 3.46. The van der Waals surface area contributed by atoms with Crippen molar-refractivity contribution < 1.29 is 4.79 Å². The lowest BCUT2D eigenvalue weighted by molar-refractivity contribution is 0.112. The lowest BCUT2D eigenvalue weighted by atomic mass is 10.2. The van der Waals surface area contributed by atoms with Crippen molar-refractivity contribution in [1.82, 2.24) is 10.2 Å². The minimum atomic E-state index is 0.558. The number of aryl methyl sites for hydroxylation is 1. The molecule has 2 rings (SSSR count). The Hall–Kier alpha value is -0.910. The van der Waals surface area contributed by atoms with Gasteiger partial charge in [0.2, 0.25) is 0 Å². The number of halogens is 1. The molecule has 0 atom stereocenters. The van der Waals surface area contributed by atoms with Crippen LogP contribution in [0, 0.1) is 6.92 Å². The number of aldehydes is 1. The number of benzene rings is 1. The maximum Gasteiger partial charge on any atom is 0.179 e. The quantitative estimate of drug-likeness (QED) is 0.801. The Morgan fingerprint density at radius 3 is 2.88 bits per heavy atom. The molecule has 0 saturated carbocycles. The fourth-order valence-corrected chi connectivity index (χ4v) is 3.28. The molecule has 6 heteroatoms. The Morgan fingerprint density at radius 1 is 1.44 bits per heavy atom. The highest BCUT2D eigenvalue weighted by Gasteiger charge is 2.10. The number of hydrogen-bond acceptors (Lipinski definition) is 5. The summed E-state index contributed by atoms with van der Waals surface area (Å²) in [6.45, 7) is 1.88. The molecule has 3 nitrogen and oxygen atoms in total. The van der Waals surface area contributed by atoms with Crippen LogP contribution in [-0.2, 0) is 0 Å². The Labute approximate surface area is 106 Å². The molecule has 0 fully saturated rings. The van der Waals surface area contributed by atoms with Crippen LogP contribution in [0.5, 0.6) is 0 Å². The Bertz CT molecular complexity index is 527. The minimum Gasteiger partial charge on any atom is -0.298 e. The van der Waals surface area contributed by atoms with Crippen molar-refractivity contribution in [2.45, 2.75) is 16.2 Å². The smallest absolute Gasteiger partial charge is 0.179 e. The van der Waals surface area contributed by atoms with Crippen molar-refractivity contribution in [3.05, 3.63) is 33.8 Å². The zero-order chi connectivity index (χ0) is 11.5. The van der Waals surface area contributed by atoms with Crippen molar-refractivity contribution in [2.24, 2.45) is 0 Å². The van der Waals surface area contributed by atoms with Crippen molar-refractivity contribution in [2.75, 3.05) is 0 Å². The van der Waals surface area contributed by atoms with Crippen molar-refractivity contribution in [3.8, 4) is 0 Å². The third-order valence-corrected chi connectivity index (χ3v) is 4.30. The van der Waals surface area contributed by atoms with Gasteiger partial charge in [0.15, 0.2) is 10.6 Å². The second-order valence-electron chi connectivity index (χ2n) is 2.97. The zero-order valence-corrected chi connectivity index (χ0v) is 10.7. The highest BCUT2D eigenvalue weighted by atomic mass is 35.5. The van der Waals surface area contributed by atoms with Crippen LogP contribution in [0.25, 0.3) is 0 Å². The molecular weight excluding hydrogens is 264 g/mol. The topological polar surface area (TPSA) is 42.9 Å². The number of nitrogens with zero attached hydrogens (tertiary/aromatic N) is 2. The fraction of sp³-hybridized carbons (Fsp3) is 0.100. The molecular formula is C10H7ClN2OS2. The number of carbonyl (C=O) groups excluding carboxylic acids is 1. The SMILES string of the molecule is Cc1nnc(Sc2c(Cl)cccc2C=O)s1. The Balaban J connectivity index is 2.37. The average molecular weight is 271 g/mol. The van der Waals surface area contributed by atoms with Gasteiger partial charge in [0, 0.05) is 10.5 Å². The van der Waals surface area contributed by atoms with Gasteiger partial charge in [-0.1, -0.05) is 46.8 Å². The first kappa shape index (κ1) is 11.6. The standard InChI is InChI=1S/C10H7ClN2OS2/c1-6-12-13-10(15-6)16-9-7(5-14)3-2-4-8(9)11/h2-5H,1H3. The van der Waals surface area contributed by atoms with E-state index in [0.29, 0.717) is 10.6 Å². The van der Waals surface area contributed by atoms with Crippen LogP contribution < -0.4 is 0 Å². The van der Waals surface area contributed by atoms with E-state index < -0.39 is 0 Å². The highest BCUT2D eigenvalue weighted by molar-refractivity contribution is 8.01. The van der Waals surface area contributed by atoms with E-state index in [-0.39, 0.29) is 0 Å². The summed E-state index contributed by atoms with van der Waals surface area (Å²) in [5.41, 5.74) is 0.574. The first-order valence-electron chi connectivity index (χ1n) is 4.42. The highest BCUT2D eigenvalue weighted by Crippen LogP contribution is 2.36. The van der Waals surface area contributed by atoms with Crippen LogP contribution in [0.15, 0.2) is 27.4 Å². The van der Waals surface area contributed by atoms with Gasteiger partial charge in [-0.25, -0.2) is 0 Å². The second kappa shape index (κ2) is 4.95. The van der Waals surface area contributed by atoms with Gasteiger partial charge in [-0.2, -0.15) is 0 Å². The number of rotatable bonds is 3. The molecule has 1 aromatic heterocycles. The third kappa shape index (κ3) is 2.42. The molecule has 1 aromatic carbocycles. The molecule has 2 aromatic rings. The van der Waals surface area contributed by atoms with E-state index in [4.69, 9.17) is 11.6 Å². The summed E-state index contributed by atoms with van der Waals surface area (Å²) in [5, 5.41) is 9.35. The zero-order valence-electron chi connectivity index (χ0n) is 8.31. The molecule has 0 aliphatic rings. The molecule has 0 N–H and O–H groups in total. The van der Waals surface area contributed by atoms with Crippen molar-refractivity contribution in [1.29, 1.82) is 0 Å². The maximum absolute atomic E-state index is 10.9. The van der Waals surface area contributed by atoms with Gasteiger partial charge in [0.1, 0.15) is 5.01 Å². The second-order valence-corrected chi connectivity index (χ2v) is 5.81. The normalized spacial score (nSPS) is 10.4. The van der Waals surface area contributed by atoms with Gasteiger partial charge in [-0.3, -0.25) is 4.79 Å². The van der Waals surface area contributed by atoms with Gasteiger partial charge in [0.25, 0.3) is 0 Å². The third-order valence-electron chi connectivity index (χ3n) is 1.82. The molecule has 0 saturated heterocycles. The van der Waals surface area contributed by atoms with Crippen molar-refractivity contribution in [3.63, 3.8) is 0 Å². The van der Waals surface area contributed by atoms with E-state index in [1.54, 1.807) is 18.2 Å². The van der Waals surface area contributed by atoms with E-state index in [9.17, 15) is 4.79 Å². The van der Waals surface area contributed by atoms with Gasteiger partial charge in [-0.05, 0) is 13.0 Å². The van der Waals surface area contributed by atoms with E-state index in [1.165, 1.54) is 23.1 Å². The van der Waals surface area contributed by atoms with Crippen LogP contribution in [0.1, 0.15) is 15.4 Å². The molecule has 1 heterocycles. The lowest BCUT2D eigenvalue weighted by Gasteiger charge is -2.03. The summed E-state index contributed by atoms with van der Waals surface area (Å²) in [5.74, 6) is 0. The van der Waals surface area contributed by atoms with Crippen LogP contribution in [0.3, 0.4) is 0 Å². The van der Waals surface area contributed by atoms with E-state index in [1.807, 2.05) is 6.92 Å². The Morgan fingerprint density at radius 2 is 2.25 bits per heavy atom. The fourth-order valence-electron chi connectivity index (χ4n) is 1.13. The maximum atomic E-state index is 10.9. The summed E-state index contributed by atoms with van der Waals surface area (Å²) in [6.07, 6.45) is 0.794. The number of carbonyl (C=O) groups is 1. The largest absolute Gasteiger partial charge is 0.298 e. The van der Waals surface area contributed by atoms with Crippen LogP contribution in [0.2, 0.25) is 5.02 Å². The van der Waals surface area contributed by atoms with Gasteiger partial charge in [-0.15, -0.1) is 10.2 Å². The van der Waals surface area contributed by atoms with Crippen molar-refractivity contribution >= 4 is 41.0 Å². The number of aromatic nitrogens is 2. The van der Waals surface area contributed by atoms with Gasteiger partial charge in [0.05, 0.1) is 5.02 Å². The van der Waals surface area contributed by atoms with Crippen LogP contribution in [-0.4, -0.2) is 16.5 Å². The number of hydrogen-bond donors (Lipinski definition) is 0.